The lowest BCUT2D eigenvalue weighted by Gasteiger charge is -2.26. The molecule has 0 atom stereocenters. The fourth-order valence-electron chi connectivity index (χ4n) is 3.87. The Bertz CT molecular complexity index is 1590. The van der Waals surface area contributed by atoms with Crippen LogP contribution in [-0.4, -0.2) is 50.0 Å². The Kier molecular flexibility index (Phi) is 9.52. The highest BCUT2D eigenvalue weighted by Crippen LogP contribution is 2.35. The summed E-state index contributed by atoms with van der Waals surface area (Å²) in [5, 5.41) is 4.74. The number of methoxy groups -OCH3 is 1. The predicted octanol–water partition coefficient (Wildman–Crippen LogP) is 4.30. The molecule has 1 aliphatic rings. The Morgan fingerprint density at radius 3 is 2.36 bits per heavy atom. The maximum Gasteiger partial charge on any atom is 0.337 e. The van der Waals surface area contributed by atoms with Crippen LogP contribution >= 0.6 is 22.6 Å². The first-order valence-electron chi connectivity index (χ1n) is 12.4. The van der Waals surface area contributed by atoms with E-state index in [9.17, 15) is 28.4 Å². The summed E-state index contributed by atoms with van der Waals surface area (Å²) in [6, 6.07) is 13.0. The monoisotopic (exact) mass is 687 g/mol. The number of hydrogen-bond donors (Lipinski definition) is 2. The van der Waals surface area contributed by atoms with Gasteiger partial charge in [0.25, 0.3) is 17.7 Å². The van der Waals surface area contributed by atoms with E-state index in [2.05, 4.69) is 15.4 Å². The second-order valence-electron chi connectivity index (χ2n) is 8.60. The molecule has 3 aromatic rings. The number of barbiturate groups is 1. The number of esters is 1. The molecular formula is C29H23FIN3O8. The van der Waals surface area contributed by atoms with Crippen LogP contribution in [0, 0.1) is 9.39 Å². The van der Waals surface area contributed by atoms with Gasteiger partial charge in [-0.2, -0.15) is 0 Å². The predicted molar refractivity (Wildman–Crippen MR) is 158 cm³/mol. The summed E-state index contributed by atoms with van der Waals surface area (Å²) in [5.41, 5.74) is 0.813. The number of nitrogens with one attached hydrogen (secondary N) is 2. The van der Waals surface area contributed by atoms with E-state index in [4.69, 9.17) is 9.47 Å². The fraction of sp³-hybridized carbons (Fsp3) is 0.138. The van der Waals surface area contributed by atoms with E-state index in [1.54, 1.807) is 13.0 Å². The van der Waals surface area contributed by atoms with Gasteiger partial charge in [0.1, 0.15) is 11.4 Å². The van der Waals surface area contributed by atoms with Gasteiger partial charge < -0.3 is 19.5 Å². The molecule has 0 unspecified atom stereocenters. The fourth-order valence-corrected chi connectivity index (χ4v) is 4.65. The molecule has 1 fully saturated rings. The molecule has 11 nitrogen and oxygen atoms in total. The van der Waals surface area contributed by atoms with Gasteiger partial charge in [-0.3, -0.25) is 19.7 Å². The lowest BCUT2D eigenvalue weighted by molar-refractivity contribution is -0.122. The van der Waals surface area contributed by atoms with E-state index in [0.717, 1.165) is 4.90 Å². The van der Waals surface area contributed by atoms with Crippen molar-refractivity contribution in [3.63, 3.8) is 0 Å². The number of anilines is 2. The summed E-state index contributed by atoms with van der Waals surface area (Å²) in [7, 11) is 1.23. The maximum atomic E-state index is 13.3. The molecule has 13 heteroatoms. The molecule has 0 spiro atoms. The molecule has 1 saturated heterocycles. The van der Waals surface area contributed by atoms with Gasteiger partial charge in [-0.15, -0.1) is 0 Å². The van der Waals surface area contributed by atoms with Crippen molar-refractivity contribution >= 4 is 69.8 Å². The number of rotatable bonds is 9. The van der Waals surface area contributed by atoms with Crippen LogP contribution in [0.25, 0.3) is 6.08 Å². The molecule has 5 amide bonds. The number of benzene rings is 3. The van der Waals surface area contributed by atoms with E-state index in [1.165, 1.54) is 67.8 Å². The molecule has 1 heterocycles. The Labute approximate surface area is 252 Å². The van der Waals surface area contributed by atoms with Gasteiger partial charge in [0.05, 0.1) is 28.5 Å². The van der Waals surface area contributed by atoms with Crippen molar-refractivity contribution in [1.29, 1.82) is 0 Å². The van der Waals surface area contributed by atoms with Crippen LogP contribution in [-0.2, 0) is 19.1 Å². The van der Waals surface area contributed by atoms with Crippen molar-refractivity contribution in [2.45, 2.75) is 6.92 Å². The van der Waals surface area contributed by atoms with Crippen molar-refractivity contribution < 1.29 is 42.6 Å². The average molecular weight is 687 g/mol. The molecule has 4 rings (SSSR count). The quantitative estimate of drug-likeness (QED) is 0.147. The molecule has 0 bridgehead atoms. The molecular weight excluding hydrogens is 664 g/mol. The van der Waals surface area contributed by atoms with Crippen molar-refractivity contribution in [2.24, 2.45) is 0 Å². The third-order valence-electron chi connectivity index (χ3n) is 5.77. The minimum atomic E-state index is -0.944. The van der Waals surface area contributed by atoms with Crippen LogP contribution in [0.1, 0.15) is 22.8 Å². The Balaban J connectivity index is 1.57. The number of ether oxygens (including phenoxy) is 3. The molecule has 0 saturated carbocycles. The van der Waals surface area contributed by atoms with Crippen LogP contribution in [0.3, 0.4) is 0 Å². The first-order valence-corrected chi connectivity index (χ1v) is 13.4. The first-order chi connectivity index (χ1) is 20.1. The van der Waals surface area contributed by atoms with Crippen molar-refractivity contribution in [2.75, 3.05) is 30.5 Å². The first kappa shape index (κ1) is 30.2. The van der Waals surface area contributed by atoms with Gasteiger partial charge in [-0.05, 0) is 102 Å². The zero-order chi connectivity index (χ0) is 30.4. The molecule has 0 radical (unpaired) electrons. The summed E-state index contributed by atoms with van der Waals surface area (Å²) in [6.07, 6.45) is 1.30. The Hall–Kier alpha value is -4.79. The van der Waals surface area contributed by atoms with Crippen molar-refractivity contribution in [3.8, 4) is 11.5 Å². The minimum Gasteiger partial charge on any atom is -0.490 e. The third kappa shape index (κ3) is 6.91. The molecule has 0 aromatic heterocycles. The lowest BCUT2D eigenvalue weighted by atomic mass is 10.1. The van der Waals surface area contributed by atoms with Crippen LogP contribution in [0.4, 0.5) is 20.6 Å². The number of halogens is 2. The van der Waals surface area contributed by atoms with Crippen LogP contribution in [0.5, 0.6) is 11.5 Å². The highest BCUT2D eigenvalue weighted by atomic mass is 127. The maximum absolute atomic E-state index is 13.3. The number of nitrogens with zero attached hydrogens (tertiary/aromatic N) is 1. The highest BCUT2D eigenvalue weighted by molar-refractivity contribution is 14.1. The number of urea groups is 1. The number of carbonyl (C=O) groups is 5. The molecule has 42 heavy (non-hydrogen) atoms. The summed E-state index contributed by atoms with van der Waals surface area (Å²) in [5.74, 6) is -2.77. The van der Waals surface area contributed by atoms with Gasteiger partial charge in [0, 0.05) is 5.69 Å². The second-order valence-corrected chi connectivity index (χ2v) is 9.77. The van der Waals surface area contributed by atoms with Gasteiger partial charge in [-0.25, -0.2) is 18.9 Å². The smallest absolute Gasteiger partial charge is 0.337 e. The van der Waals surface area contributed by atoms with E-state index in [-0.39, 0.29) is 41.5 Å². The SMILES string of the molecule is CCOc1cc(/C=C2/C(=O)NC(=O)N(c3ccc(C(=O)OC)cc3)C2=O)cc(I)c1OCC(=O)Nc1ccc(F)cc1. The normalized spacial score (nSPS) is 14.0. The van der Waals surface area contributed by atoms with Gasteiger partial charge in [-0.1, -0.05) is 0 Å². The molecule has 2 N–H and O–H groups in total. The van der Waals surface area contributed by atoms with Gasteiger partial charge >= 0.3 is 12.0 Å². The minimum absolute atomic E-state index is 0.135. The Morgan fingerprint density at radius 1 is 1.02 bits per heavy atom. The van der Waals surface area contributed by atoms with Crippen molar-refractivity contribution in [3.05, 3.63) is 86.8 Å². The zero-order valence-electron chi connectivity index (χ0n) is 22.2. The summed E-state index contributed by atoms with van der Waals surface area (Å²) < 4.78 is 29.7. The summed E-state index contributed by atoms with van der Waals surface area (Å²) in [4.78, 5) is 63.4. The van der Waals surface area contributed by atoms with Gasteiger partial charge in [0.2, 0.25) is 0 Å². The van der Waals surface area contributed by atoms with E-state index in [1.807, 2.05) is 22.6 Å². The molecule has 1 aliphatic heterocycles. The van der Waals surface area contributed by atoms with Crippen LogP contribution in [0.15, 0.2) is 66.2 Å². The lowest BCUT2D eigenvalue weighted by Crippen LogP contribution is -2.54. The highest BCUT2D eigenvalue weighted by Gasteiger charge is 2.37. The zero-order valence-corrected chi connectivity index (χ0v) is 24.4. The summed E-state index contributed by atoms with van der Waals surface area (Å²) >= 11 is 1.96. The largest absolute Gasteiger partial charge is 0.490 e. The molecule has 216 valence electrons. The topological polar surface area (TPSA) is 140 Å². The number of hydrogen-bond acceptors (Lipinski definition) is 8. The van der Waals surface area contributed by atoms with Crippen LogP contribution < -0.4 is 25.0 Å². The Morgan fingerprint density at radius 2 is 1.71 bits per heavy atom. The third-order valence-corrected chi connectivity index (χ3v) is 6.57. The average Bonchev–Trinajstić information content (AvgIpc) is 2.96. The van der Waals surface area contributed by atoms with E-state index >= 15 is 0 Å². The second kappa shape index (κ2) is 13.2. The number of amides is 5. The van der Waals surface area contributed by atoms with E-state index in [0.29, 0.717) is 14.8 Å². The van der Waals surface area contributed by atoms with E-state index < -0.39 is 35.5 Å². The molecule has 0 aliphatic carbocycles. The van der Waals surface area contributed by atoms with Crippen LogP contribution in [0.2, 0.25) is 0 Å². The van der Waals surface area contributed by atoms with Gasteiger partial charge in [0.15, 0.2) is 18.1 Å². The number of imide groups is 2. The molecule has 3 aromatic carbocycles. The van der Waals surface area contributed by atoms with Crippen molar-refractivity contribution in [1.82, 2.24) is 5.32 Å². The number of carbonyl (C=O) groups excluding carboxylic acids is 5. The standard InChI is InChI=1S/C29H23FIN3O8/c1-3-41-23-14-16(13-22(31)25(23)42-15-24(35)32-19-8-6-18(30)7-9-19)12-21-26(36)33-29(39)34(27(21)37)20-10-4-17(5-11-20)28(38)40-2/h4-14H,3,15H2,1-2H3,(H,32,35)(H,33,36,39)/b21-12-. The summed E-state index contributed by atoms with van der Waals surface area (Å²) in [6.45, 7) is 1.62.